The van der Waals surface area contributed by atoms with E-state index < -0.39 is 0 Å². The summed E-state index contributed by atoms with van der Waals surface area (Å²) in [6.45, 7) is 0.743. The first-order valence-corrected chi connectivity index (χ1v) is 3.25. The molecular weight excluding hydrogens is 158 g/mol. The van der Waals surface area contributed by atoms with Crippen LogP contribution in [0.3, 0.4) is 0 Å². The lowest BCUT2D eigenvalue weighted by Gasteiger charge is -2.06. The van der Waals surface area contributed by atoms with Crippen molar-refractivity contribution in [3.63, 3.8) is 0 Å². The molecule has 0 rings (SSSR count). The summed E-state index contributed by atoms with van der Waals surface area (Å²) in [5, 5.41) is 2.58. The summed E-state index contributed by atoms with van der Waals surface area (Å²) < 4.78 is 0. The summed E-state index contributed by atoms with van der Waals surface area (Å²) in [6, 6.07) is 0. The van der Waals surface area contributed by atoms with Gasteiger partial charge in [-0.2, -0.15) is 5.06 Å². The van der Waals surface area contributed by atoms with Crippen molar-refractivity contribution in [1.82, 2.24) is 5.06 Å². The maximum Gasteiger partial charge on any atom is 0.0781 e. The fourth-order valence-corrected chi connectivity index (χ4v) is 0.362. The van der Waals surface area contributed by atoms with E-state index in [4.69, 9.17) is 4.84 Å². The summed E-state index contributed by atoms with van der Waals surface area (Å²) >= 11 is 3.23. The third-order valence-electron chi connectivity index (χ3n) is 0.427. The highest BCUT2D eigenvalue weighted by atomic mass is 79.9. The second-order valence-electron chi connectivity index (χ2n) is 1.33. The van der Waals surface area contributed by atoms with E-state index in [9.17, 15) is 0 Å². The van der Waals surface area contributed by atoms with E-state index in [1.54, 1.807) is 5.06 Å². The molecule has 0 saturated heterocycles. The Morgan fingerprint density at radius 2 is 2.14 bits per heavy atom. The summed E-state index contributed by atoms with van der Waals surface area (Å²) in [4.78, 5) is 4.98. The minimum Gasteiger partial charge on any atom is -0.299 e. The average Bonchev–Trinajstić information content (AvgIpc) is 1.61. The van der Waals surface area contributed by atoms with Gasteiger partial charge in [-0.25, -0.2) is 0 Å². The predicted octanol–water partition coefficient (Wildman–Crippen LogP) is 0.874. The fraction of sp³-hybridized carbons (Fsp3) is 1.00. The van der Waals surface area contributed by atoms with Gasteiger partial charge in [0.2, 0.25) is 0 Å². The third kappa shape index (κ3) is 6.40. The van der Waals surface area contributed by atoms with Gasteiger partial charge in [-0.1, -0.05) is 15.9 Å². The van der Waals surface area contributed by atoms with Crippen LogP contribution in [0.15, 0.2) is 0 Å². The molecule has 0 unspecified atom stereocenters. The lowest BCUT2D eigenvalue weighted by atomic mass is 10.9. The normalized spacial score (nSPS) is 10.3. The van der Waals surface area contributed by atoms with Crippen molar-refractivity contribution in [3.8, 4) is 0 Å². The topological polar surface area (TPSA) is 12.5 Å². The highest BCUT2D eigenvalue weighted by Crippen LogP contribution is 1.82. The van der Waals surface area contributed by atoms with Gasteiger partial charge in [0, 0.05) is 19.4 Å². The highest BCUT2D eigenvalue weighted by Gasteiger charge is 1.83. The van der Waals surface area contributed by atoms with Crippen LogP contribution in [0.2, 0.25) is 0 Å². The van der Waals surface area contributed by atoms with Crippen LogP contribution < -0.4 is 0 Å². The Balaban J connectivity index is 2.68. The SMILES string of the molecule is CN(C)OCCBr. The molecule has 3 heteroatoms. The molecule has 0 aliphatic heterocycles. The van der Waals surface area contributed by atoms with Crippen molar-refractivity contribution in [2.24, 2.45) is 0 Å². The first kappa shape index (κ1) is 7.40. The number of hydrogen-bond acceptors (Lipinski definition) is 2. The van der Waals surface area contributed by atoms with Crippen LogP contribution in [0.5, 0.6) is 0 Å². The average molecular weight is 168 g/mol. The van der Waals surface area contributed by atoms with Crippen LogP contribution in [-0.4, -0.2) is 31.1 Å². The summed E-state index contributed by atoms with van der Waals surface area (Å²) in [5.74, 6) is 0. The van der Waals surface area contributed by atoms with Gasteiger partial charge in [0.15, 0.2) is 0 Å². The van der Waals surface area contributed by atoms with Crippen molar-refractivity contribution in [3.05, 3.63) is 0 Å². The molecule has 0 aromatic rings. The number of nitrogens with zero attached hydrogens (tertiary/aromatic N) is 1. The van der Waals surface area contributed by atoms with Gasteiger partial charge >= 0.3 is 0 Å². The van der Waals surface area contributed by atoms with Crippen LogP contribution in [0.1, 0.15) is 0 Å². The zero-order valence-corrected chi connectivity index (χ0v) is 6.23. The largest absolute Gasteiger partial charge is 0.299 e. The van der Waals surface area contributed by atoms with E-state index in [2.05, 4.69) is 15.9 Å². The van der Waals surface area contributed by atoms with Gasteiger partial charge in [0.25, 0.3) is 0 Å². The minimum atomic E-state index is 0.743. The summed E-state index contributed by atoms with van der Waals surface area (Å²) in [5.41, 5.74) is 0. The molecule has 0 aromatic heterocycles. The maximum atomic E-state index is 4.98. The number of halogens is 1. The molecule has 0 amide bonds. The molecule has 0 bridgehead atoms. The molecule has 0 aromatic carbocycles. The first-order chi connectivity index (χ1) is 3.27. The van der Waals surface area contributed by atoms with Crippen molar-refractivity contribution >= 4 is 15.9 Å². The molecule has 0 aliphatic rings. The van der Waals surface area contributed by atoms with E-state index in [1.807, 2.05) is 14.1 Å². The monoisotopic (exact) mass is 167 g/mol. The molecule has 0 aliphatic carbocycles. The zero-order chi connectivity index (χ0) is 5.70. The second kappa shape index (κ2) is 4.56. The molecular formula is C4H10BrNO. The molecule has 0 radical (unpaired) electrons. The van der Waals surface area contributed by atoms with Crippen molar-refractivity contribution in [2.45, 2.75) is 0 Å². The Hall–Kier alpha value is 0.400. The smallest absolute Gasteiger partial charge is 0.0781 e. The van der Waals surface area contributed by atoms with E-state index >= 15 is 0 Å². The predicted molar refractivity (Wildman–Crippen MR) is 33.4 cm³/mol. The quantitative estimate of drug-likeness (QED) is 0.458. The molecule has 0 saturated carbocycles. The molecule has 0 fully saturated rings. The summed E-state index contributed by atoms with van der Waals surface area (Å²) in [7, 11) is 3.73. The summed E-state index contributed by atoms with van der Waals surface area (Å²) in [6.07, 6.45) is 0. The van der Waals surface area contributed by atoms with Crippen molar-refractivity contribution in [2.75, 3.05) is 26.0 Å². The number of hydrogen-bond donors (Lipinski definition) is 0. The number of alkyl halides is 1. The molecule has 0 atom stereocenters. The Labute approximate surface area is 52.5 Å². The Kier molecular flexibility index (Phi) is 4.82. The van der Waals surface area contributed by atoms with Gasteiger partial charge in [0.05, 0.1) is 6.61 Å². The maximum absolute atomic E-state index is 4.98. The van der Waals surface area contributed by atoms with Crippen LogP contribution in [0.25, 0.3) is 0 Å². The highest BCUT2D eigenvalue weighted by molar-refractivity contribution is 9.09. The Morgan fingerprint density at radius 1 is 1.57 bits per heavy atom. The van der Waals surface area contributed by atoms with E-state index in [0.29, 0.717) is 0 Å². The van der Waals surface area contributed by atoms with E-state index in [0.717, 1.165) is 11.9 Å². The fourth-order valence-electron chi connectivity index (χ4n) is 0.217. The molecule has 2 nitrogen and oxygen atoms in total. The van der Waals surface area contributed by atoms with Gasteiger partial charge in [0.1, 0.15) is 0 Å². The van der Waals surface area contributed by atoms with E-state index in [-0.39, 0.29) is 0 Å². The molecule has 0 heterocycles. The van der Waals surface area contributed by atoms with Crippen LogP contribution in [-0.2, 0) is 4.84 Å². The van der Waals surface area contributed by atoms with Gasteiger partial charge < -0.3 is 0 Å². The number of rotatable bonds is 3. The minimum absolute atomic E-state index is 0.743. The molecule has 0 spiro atoms. The van der Waals surface area contributed by atoms with Crippen LogP contribution >= 0.6 is 15.9 Å². The van der Waals surface area contributed by atoms with Gasteiger partial charge in [-0.15, -0.1) is 0 Å². The second-order valence-corrected chi connectivity index (χ2v) is 2.13. The molecule has 44 valence electrons. The van der Waals surface area contributed by atoms with E-state index in [1.165, 1.54) is 0 Å². The lowest BCUT2D eigenvalue weighted by molar-refractivity contribution is -0.112. The zero-order valence-electron chi connectivity index (χ0n) is 4.65. The van der Waals surface area contributed by atoms with Crippen molar-refractivity contribution in [1.29, 1.82) is 0 Å². The Morgan fingerprint density at radius 3 is 2.29 bits per heavy atom. The molecule has 7 heavy (non-hydrogen) atoms. The van der Waals surface area contributed by atoms with Crippen molar-refractivity contribution < 1.29 is 4.84 Å². The van der Waals surface area contributed by atoms with Gasteiger partial charge in [-0.3, -0.25) is 4.84 Å². The standard InChI is InChI=1S/C4H10BrNO/c1-6(2)7-4-3-5/h3-4H2,1-2H3. The molecule has 0 N–H and O–H groups in total. The first-order valence-electron chi connectivity index (χ1n) is 2.13. The lowest BCUT2D eigenvalue weighted by Crippen LogP contribution is -2.13. The Bertz CT molecular complexity index is 40.7. The number of hydroxylamine groups is 2. The van der Waals surface area contributed by atoms with Crippen LogP contribution in [0, 0.1) is 0 Å². The third-order valence-corrected chi connectivity index (χ3v) is 0.750. The van der Waals surface area contributed by atoms with Crippen LogP contribution in [0.4, 0.5) is 0 Å². The van der Waals surface area contributed by atoms with Gasteiger partial charge in [-0.05, 0) is 0 Å².